The average molecular weight is 581 g/mol. The zero-order chi connectivity index (χ0) is 21.7. The SMILES string of the molecule is O=C(COc1ccc(Cl)cc1Br)N1CCN(C(=O)COc2ccc(Cl)cc2Br)CC1. The van der Waals surface area contributed by atoms with Crippen molar-refractivity contribution in [1.29, 1.82) is 0 Å². The van der Waals surface area contributed by atoms with Crippen molar-refractivity contribution in [3.05, 3.63) is 55.4 Å². The molecular weight excluding hydrogens is 563 g/mol. The Bertz CT molecular complexity index is 862. The van der Waals surface area contributed by atoms with Gasteiger partial charge in [0.2, 0.25) is 0 Å². The third kappa shape index (κ3) is 6.26. The van der Waals surface area contributed by atoms with E-state index in [0.717, 1.165) is 0 Å². The van der Waals surface area contributed by atoms with E-state index in [0.29, 0.717) is 56.7 Å². The van der Waals surface area contributed by atoms with Crippen LogP contribution in [0.2, 0.25) is 10.0 Å². The summed E-state index contributed by atoms with van der Waals surface area (Å²) in [7, 11) is 0. The number of hydrogen-bond donors (Lipinski definition) is 0. The normalized spacial score (nSPS) is 13.9. The lowest BCUT2D eigenvalue weighted by Gasteiger charge is -2.34. The Kier molecular flexibility index (Phi) is 8.27. The maximum absolute atomic E-state index is 12.4. The summed E-state index contributed by atoms with van der Waals surface area (Å²) >= 11 is 18.5. The topological polar surface area (TPSA) is 59.1 Å². The van der Waals surface area contributed by atoms with E-state index in [1.807, 2.05) is 0 Å². The standard InChI is InChI=1S/C20H18Br2Cl2N2O4/c21-15-9-13(23)1-3-17(15)29-11-19(27)25-5-7-26(8-6-25)20(28)12-30-18-4-2-14(24)10-16(18)22/h1-4,9-10H,5-8,11-12H2. The molecule has 0 unspecified atom stereocenters. The summed E-state index contributed by atoms with van der Waals surface area (Å²) in [5, 5.41) is 1.16. The summed E-state index contributed by atoms with van der Waals surface area (Å²) in [6.45, 7) is 1.62. The van der Waals surface area contributed by atoms with Crippen molar-refractivity contribution in [3.63, 3.8) is 0 Å². The highest BCUT2D eigenvalue weighted by Crippen LogP contribution is 2.29. The molecule has 1 aliphatic rings. The molecule has 160 valence electrons. The lowest BCUT2D eigenvalue weighted by atomic mass is 10.3. The van der Waals surface area contributed by atoms with Crippen molar-refractivity contribution in [3.8, 4) is 11.5 Å². The molecule has 10 heteroatoms. The van der Waals surface area contributed by atoms with Crippen LogP contribution in [0.5, 0.6) is 11.5 Å². The first-order valence-electron chi connectivity index (χ1n) is 9.05. The van der Waals surface area contributed by atoms with Gasteiger partial charge in [0.25, 0.3) is 11.8 Å². The molecule has 1 saturated heterocycles. The highest BCUT2D eigenvalue weighted by atomic mass is 79.9. The fraction of sp³-hybridized carbons (Fsp3) is 0.300. The highest BCUT2D eigenvalue weighted by Gasteiger charge is 2.25. The molecule has 2 aromatic carbocycles. The Labute approximate surface area is 201 Å². The molecule has 0 radical (unpaired) electrons. The zero-order valence-corrected chi connectivity index (χ0v) is 20.4. The summed E-state index contributed by atoms with van der Waals surface area (Å²) in [6, 6.07) is 10.2. The van der Waals surface area contributed by atoms with Crippen molar-refractivity contribution in [2.24, 2.45) is 0 Å². The Morgan fingerprint density at radius 3 is 1.47 bits per heavy atom. The summed E-state index contributed by atoms with van der Waals surface area (Å²) in [5.74, 6) is 0.828. The van der Waals surface area contributed by atoms with Gasteiger partial charge in [0.15, 0.2) is 13.2 Å². The fourth-order valence-electron chi connectivity index (χ4n) is 2.85. The fourth-order valence-corrected chi connectivity index (χ4v) is 4.45. The van der Waals surface area contributed by atoms with E-state index in [1.165, 1.54) is 0 Å². The zero-order valence-electron chi connectivity index (χ0n) is 15.7. The van der Waals surface area contributed by atoms with Crippen LogP contribution in [0.3, 0.4) is 0 Å². The van der Waals surface area contributed by atoms with Crippen LogP contribution in [0.15, 0.2) is 45.3 Å². The van der Waals surface area contributed by atoms with Crippen LogP contribution in [-0.4, -0.2) is 61.0 Å². The van der Waals surface area contributed by atoms with Crippen LogP contribution < -0.4 is 9.47 Å². The predicted molar refractivity (Wildman–Crippen MR) is 122 cm³/mol. The quantitative estimate of drug-likeness (QED) is 0.499. The summed E-state index contributed by atoms with van der Waals surface area (Å²) in [6.07, 6.45) is 0. The Hall–Kier alpha value is -1.48. The number of hydrogen-bond acceptors (Lipinski definition) is 4. The number of carbonyl (C=O) groups is 2. The van der Waals surface area contributed by atoms with E-state index in [4.69, 9.17) is 32.7 Å². The minimum Gasteiger partial charge on any atom is -0.483 e. The second kappa shape index (κ2) is 10.7. The first-order valence-corrected chi connectivity index (χ1v) is 11.4. The molecule has 2 amide bonds. The molecule has 0 spiro atoms. The van der Waals surface area contributed by atoms with Gasteiger partial charge in [0.05, 0.1) is 8.95 Å². The van der Waals surface area contributed by atoms with Crippen molar-refractivity contribution in [2.45, 2.75) is 0 Å². The minimum absolute atomic E-state index is 0.0815. The monoisotopic (exact) mass is 578 g/mol. The van der Waals surface area contributed by atoms with Crippen molar-refractivity contribution >= 4 is 66.9 Å². The van der Waals surface area contributed by atoms with Gasteiger partial charge in [-0.25, -0.2) is 0 Å². The highest BCUT2D eigenvalue weighted by molar-refractivity contribution is 9.10. The summed E-state index contributed by atoms with van der Waals surface area (Å²) in [5.41, 5.74) is 0. The molecule has 30 heavy (non-hydrogen) atoms. The van der Waals surface area contributed by atoms with E-state index in [2.05, 4.69) is 31.9 Å². The molecule has 1 heterocycles. The lowest BCUT2D eigenvalue weighted by molar-refractivity contribution is -0.141. The van der Waals surface area contributed by atoms with E-state index in [1.54, 1.807) is 46.2 Å². The summed E-state index contributed by atoms with van der Waals surface area (Å²) in [4.78, 5) is 28.2. The smallest absolute Gasteiger partial charge is 0.260 e. The van der Waals surface area contributed by atoms with Gasteiger partial charge in [-0.1, -0.05) is 23.2 Å². The average Bonchev–Trinajstić information content (AvgIpc) is 2.72. The van der Waals surface area contributed by atoms with E-state index in [9.17, 15) is 9.59 Å². The lowest BCUT2D eigenvalue weighted by Crippen LogP contribution is -2.52. The van der Waals surface area contributed by atoms with E-state index in [-0.39, 0.29) is 25.0 Å². The van der Waals surface area contributed by atoms with Crippen LogP contribution in [0.4, 0.5) is 0 Å². The maximum atomic E-state index is 12.4. The van der Waals surface area contributed by atoms with Gasteiger partial charge in [0, 0.05) is 36.2 Å². The molecule has 6 nitrogen and oxygen atoms in total. The third-order valence-corrected chi connectivity index (χ3v) is 6.18. The molecule has 3 rings (SSSR count). The molecule has 0 atom stereocenters. The van der Waals surface area contributed by atoms with Gasteiger partial charge < -0.3 is 19.3 Å². The van der Waals surface area contributed by atoms with E-state index < -0.39 is 0 Å². The number of rotatable bonds is 6. The largest absolute Gasteiger partial charge is 0.483 e. The molecule has 0 N–H and O–H groups in total. The number of ether oxygens (including phenoxy) is 2. The summed E-state index contributed by atoms with van der Waals surface area (Å²) < 4.78 is 12.5. The van der Waals surface area contributed by atoms with Gasteiger partial charge in [-0.3, -0.25) is 9.59 Å². The Morgan fingerprint density at radius 2 is 1.13 bits per heavy atom. The van der Waals surface area contributed by atoms with Crippen molar-refractivity contribution in [2.75, 3.05) is 39.4 Å². The second-order valence-electron chi connectivity index (χ2n) is 6.49. The molecule has 0 saturated carbocycles. The van der Waals surface area contributed by atoms with Gasteiger partial charge in [-0.2, -0.15) is 0 Å². The molecule has 0 bridgehead atoms. The number of amides is 2. The molecular formula is C20H18Br2Cl2N2O4. The third-order valence-electron chi connectivity index (χ3n) is 4.48. The number of nitrogens with zero attached hydrogens (tertiary/aromatic N) is 2. The van der Waals surface area contributed by atoms with Gasteiger partial charge in [-0.15, -0.1) is 0 Å². The molecule has 0 aliphatic carbocycles. The first-order chi connectivity index (χ1) is 14.3. The Balaban J connectivity index is 1.43. The molecule has 1 fully saturated rings. The molecule has 1 aliphatic heterocycles. The Morgan fingerprint density at radius 1 is 0.767 bits per heavy atom. The maximum Gasteiger partial charge on any atom is 0.260 e. The van der Waals surface area contributed by atoms with Gasteiger partial charge >= 0.3 is 0 Å². The number of piperazine rings is 1. The van der Waals surface area contributed by atoms with Crippen LogP contribution in [-0.2, 0) is 9.59 Å². The van der Waals surface area contributed by atoms with Crippen molar-refractivity contribution in [1.82, 2.24) is 9.80 Å². The number of benzene rings is 2. The van der Waals surface area contributed by atoms with Crippen LogP contribution in [0, 0.1) is 0 Å². The predicted octanol–water partition coefficient (Wildman–Crippen LogP) is 4.65. The second-order valence-corrected chi connectivity index (χ2v) is 9.07. The first kappa shape index (κ1) is 23.2. The number of carbonyl (C=O) groups excluding carboxylic acids is 2. The molecule has 2 aromatic rings. The molecule has 0 aromatic heterocycles. The van der Waals surface area contributed by atoms with Gasteiger partial charge in [-0.05, 0) is 68.3 Å². The minimum atomic E-state index is -0.134. The van der Waals surface area contributed by atoms with E-state index >= 15 is 0 Å². The van der Waals surface area contributed by atoms with Crippen molar-refractivity contribution < 1.29 is 19.1 Å². The van der Waals surface area contributed by atoms with Crippen LogP contribution in [0.25, 0.3) is 0 Å². The van der Waals surface area contributed by atoms with Crippen LogP contribution >= 0.6 is 55.1 Å². The van der Waals surface area contributed by atoms with Crippen LogP contribution in [0.1, 0.15) is 0 Å². The number of halogens is 4. The van der Waals surface area contributed by atoms with Gasteiger partial charge in [0.1, 0.15) is 11.5 Å².